The molecule has 2 aliphatic rings. The Bertz CT molecular complexity index is 578. The molecule has 2 saturated heterocycles. The van der Waals surface area contributed by atoms with Crippen molar-refractivity contribution >= 4 is 29.1 Å². The molecule has 1 aromatic carbocycles. The molecule has 2 aliphatic heterocycles. The number of rotatable bonds is 2. The van der Waals surface area contributed by atoms with Crippen molar-refractivity contribution in [2.24, 2.45) is 5.92 Å². The second-order valence-electron chi connectivity index (χ2n) is 5.49. The summed E-state index contributed by atoms with van der Waals surface area (Å²) in [5, 5.41) is 0.315. The Hall–Kier alpha value is -0.880. The van der Waals surface area contributed by atoms with Crippen molar-refractivity contribution in [1.29, 1.82) is 0 Å². The first kappa shape index (κ1) is 16.0. The van der Waals surface area contributed by atoms with Crippen LogP contribution in [0.3, 0.4) is 0 Å². The summed E-state index contributed by atoms with van der Waals surface area (Å²) in [5.41, 5.74) is 0.517. The van der Waals surface area contributed by atoms with E-state index >= 15 is 0 Å². The first-order valence-corrected chi connectivity index (χ1v) is 7.94. The van der Waals surface area contributed by atoms with Gasteiger partial charge in [-0.1, -0.05) is 23.2 Å². The van der Waals surface area contributed by atoms with E-state index in [0.29, 0.717) is 43.5 Å². The molecule has 3 rings (SSSR count). The number of morpholine rings is 1. The lowest BCUT2D eigenvalue weighted by Crippen LogP contribution is -2.45. The zero-order valence-corrected chi connectivity index (χ0v) is 13.4. The molecule has 1 amide bonds. The molecule has 120 valence electrons. The van der Waals surface area contributed by atoms with Crippen LogP contribution in [-0.2, 0) is 14.3 Å². The van der Waals surface area contributed by atoms with Crippen molar-refractivity contribution in [3.05, 3.63) is 33.6 Å². The number of nitrogens with zero attached hydrogens (tertiary/aromatic N) is 1. The van der Waals surface area contributed by atoms with Gasteiger partial charge in [-0.3, -0.25) is 4.79 Å². The summed E-state index contributed by atoms with van der Waals surface area (Å²) < 4.78 is 24.6. The number of halogens is 3. The van der Waals surface area contributed by atoms with Crippen molar-refractivity contribution < 1.29 is 18.7 Å². The standard InChI is InChI=1S/C15H16Cl2FNO3/c16-11-6-12(17)13(18)5-10(11)14-7-19(2-4-22-14)15(20)9-1-3-21-8-9/h5-6,9,14H,1-4,7-8H2/t9-,14-/m1/s1. The molecule has 0 unspecified atom stereocenters. The second kappa shape index (κ2) is 6.71. The molecule has 2 fully saturated rings. The summed E-state index contributed by atoms with van der Waals surface area (Å²) in [6.07, 6.45) is 0.302. The Morgan fingerprint density at radius 2 is 2.09 bits per heavy atom. The third-order valence-corrected chi connectivity index (χ3v) is 4.66. The van der Waals surface area contributed by atoms with Crippen LogP contribution < -0.4 is 0 Å². The van der Waals surface area contributed by atoms with Crippen LogP contribution in [0.5, 0.6) is 0 Å². The Kier molecular flexibility index (Phi) is 4.88. The molecular formula is C15H16Cl2FNO3. The van der Waals surface area contributed by atoms with Gasteiger partial charge in [0, 0.05) is 23.7 Å². The van der Waals surface area contributed by atoms with Crippen LogP contribution >= 0.6 is 23.2 Å². The van der Waals surface area contributed by atoms with Crippen LogP contribution in [0.15, 0.2) is 12.1 Å². The van der Waals surface area contributed by atoms with Gasteiger partial charge in [0.05, 0.1) is 30.7 Å². The normalized spacial score (nSPS) is 25.5. The first-order chi connectivity index (χ1) is 10.6. The van der Waals surface area contributed by atoms with Crippen molar-refractivity contribution in [2.45, 2.75) is 12.5 Å². The van der Waals surface area contributed by atoms with Gasteiger partial charge >= 0.3 is 0 Å². The van der Waals surface area contributed by atoms with Gasteiger partial charge in [0.1, 0.15) is 11.9 Å². The van der Waals surface area contributed by atoms with E-state index in [1.165, 1.54) is 12.1 Å². The first-order valence-electron chi connectivity index (χ1n) is 7.19. The van der Waals surface area contributed by atoms with Gasteiger partial charge < -0.3 is 14.4 Å². The van der Waals surface area contributed by atoms with E-state index < -0.39 is 11.9 Å². The van der Waals surface area contributed by atoms with E-state index in [4.69, 9.17) is 32.7 Å². The SMILES string of the molecule is O=C([C@@H]1CCOC1)N1CCO[C@@H](c2cc(F)c(Cl)cc2Cl)C1. The summed E-state index contributed by atoms with van der Waals surface area (Å²) in [6.45, 7) is 2.37. The lowest BCUT2D eigenvalue weighted by molar-refractivity contribution is -0.143. The number of carbonyl (C=O) groups is 1. The van der Waals surface area contributed by atoms with Gasteiger partial charge in [-0.25, -0.2) is 4.39 Å². The maximum atomic E-state index is 13.7. The van der Waals surface area contributed by atoms with Crippen molar-refractivity contribution in [2.75, 3.05) is 32.9 Å². The van der Waals surface area contributed by atoms with Gasteiger partial charge in [-0.15, -0.1) is 0 Å². The lowest BCUT2D eigenvalue weighted by Gasteiger charge is -2.34. The Labute approximate surface area is 138 Å². The van der Waals surface area contributed by atoms with Crippen molar-refractivity contribution in [3.63, 3.8) is 0 Å². The number of hydrogen-bond donors (Lipinski definition) is 0. The van der Waals surface area contributed by atoms with E-state index in [1.54, 1.807) is 4.90 Å². The summed E-state index contributed by atoms with van der Waals surface area (Å²) in [6, 6.07) is 2.64. The molecule has 4 nitrogen and oxygen atoms in total. The molecule has 0 aliphatic carbocycles. The Morgan fingerprint density at radius 1 is 1.27 bits per heavy atom. The van der Waals surface area contributed by atoms with Gasteiger partial charge in [0.25, 0.3) is 0 Å². The van der Waals surface area contributed by atoms with Crippen LogP contribution in [0.25, 0.3) is 0 Å². The van der Waals surface area contributed by atoms with Crippen LogP contribution in [0.2, 0.25) is 10.0 Å². The predicted octanol–water partition coefficient (Wildman–Crippen LogP) is 3.07. The molecule has 0 spiro atoms. The smallest absolute Gasteiger partial charge is 0.228 e. The van der Waals surface area contributed by atoms with E-state index in [9.17, 15) is 9.18 Å². The van der Waals surface area contributed by atoms with Crippen LogP contribution in [0, 0.1) is 11.7 Å². The molecular weight excluding hydrogens is 332 g/mol. The maximum absolute atomic E-state index is 13.7. The topological polar surface area (TPSA) is 38.8 Å². The average molecular weight is 348 g/mol. The van der Waals surface area contributed by atoms with Gasteiger partial charge in [0.15, 0.2) is 0 Å². The van der Waals surface area contributed by atoms with Crippen LogP contribution in [0.1, 0.15) is 18.1 Å². The summed E-state index contributed by atoms with van der Waals surface area (Å²) in [7, 11) is 0. The Balaban J connectivity index is 1.75. The number of ether oxygens (including phenoxy) is 2. The molecule has 22 heavy (non-hydrogen) atoms. The van der Waals surface area contributed by atoms with Crippen LogP contribution in [0.4, 0.5) is 4.39 Å². The fourth-order valence-electron chi connectivity index (χ4n) is 2.81. The highest BCUT2D eigenvalue weighted by Crippen LogP contribution is 2.33. The fraction of sp³-hybridized carbons (Fsp3) is 0.533. The zero-order valence-electron chi connectivity index (χ0n) is 11.9. The number of amides is 1. The minimum atomic E-state index is -0.544. The number of benzene rings is 1. The third-order valence-electron chi connectivity index (χ3n) is 4.04. The monoisotopic (exact) mass is 347 g/mol. The molecule has 0 saturated carbocycles. The molecule has 0 radical (unpaired) electrons. The predicted molar refractivity (Wildman–Crippen MR) is 80.6 cm³/mol. The van der Waals surface area contributed by atoms with Crippen molar-refractivity contribution in [3.8, 4) is 0 Å². The van der Waals surface area contributed by atoms with E-state index in [0.717, 1.165) is 6.42 Å². The molecule has 0 bridgehead atoms. The molecule has 2 heterocycles. The summed E-state index contributed by atoms with van der Waals surface area (Å²) in [4.78, 5) is 14.2. The van der Waals surface area contributed by atoms with Gasteiger partial charge in [-0.05, 0) is 18.6 Å². The molecule has 0 aromatic heterocycles. The fourth-order valence-corrected chi connectivity index (χ4v) is 3.31. The van der Waals surface area contributed by atoms with Gasteiger partial charge in [-0.2, -0.15) is 0 Å². The largest absolute Gasteiger partial charge is 0.381 e. The molecule has 1 aromatic rings. The van der Waals surface area contributed by atoms with E-state index in [2.05, 4.69) is 0 Å². The highest BCUT2D eigenvalue weighted by Gasteiger charge is 2.32. The lowest BCUT2D eigenvalue weighted by atomic mass is 10.0. The quantitative estimate of drug-likeness (QED) is 0.771. The molecule has 0 N–H and O–H groups in total. The minimum absolute atomic E-state index is 0.0272. The average Bonchev–Trinajstić information content (AvgIpc) is 3.04. The summed E-state index contributed by atoms with van der Waals surface area (Å²) >= 11 is 11.8. The summed E-state index contributed by atoms with van der Waals surface area (Å²) in [5.74, 6) is -0.565. The maximum Gasteiger partial charge on any atom is 0.228 e. The Morgan fingerprint density at radius 3 is 2.82 bits per heavy atom. The number of hydrogen-bond acceptors (Lipinski definition) is 3. The van der Waals surface area contributed by atoms with E-state index in [1.807, 2.05) is 0 Å². The molecule has 2 atom stereocenters. The number of carbonyl (C=O) groups excluding carboxylic acids is 1. The highest BCUT2D eigenvalue weighted by atomic mass is 35.5. The second-order valence-corrected chi connectivity index (χ2v) is 6.31. The zero-order chi connectivity index (χ0) is 15.7. The minimum Gasteiger partial charge on any atom is -0.381 e. The van der Waals surface area contributed by atoms with Crippen molar-refractivity contribution in [1.82, 2.24) is 4.90 Å². The highest BCUT2D eigenvalue weighted by molar-refractivity contribution is 6.35. The van der Waals surface area contributed by atoms with Crippen LogP contribution in [-0.4, -0.2) is 43.7 Å². The molecule has 7 heteroatoms. The van der Waals surface area contributed by atoms with Gasteiger partial charge in [0.2, 0.25) is 5.91 Å². The third kappa shape index (κ3) is 3.23. The van der Waals surface area contributed by atoms with E-state index in [-0.39, 0.29) is 16.8 Å².